The fourth-order valence-corrected chi connectivity index (χ4v) is 3.04. The van der Waals surface area contributed by atoms with Crippen LogP contribution in [0.3, 0.4) is 0 Å². The molecule has 0 aliphatic carbocycles. The number of pyridine rings is 1. The minimum Gasteiger partial charge on any atom is -0.347 e. The molecule has 1 saturated heterocycles. The molecule has 1 fully saturated rings. The second-order valence-electron chi connectivity index (χ2n) is 6.39. The molecule has 0 atom stereocenters. The van der Waals surface area contributed by atoms with E-state index in [0.717, 1.165) is 37.1 Å². The summed E-state index contributed by atoms with van der Waals surface area (Å²) in [6.45, 7) is 4.03. The van der Waals surface area contributed by atoms with E-state index in [1.54, 1.807) is 12.1 Å². The van der Waals surface area contributed by atoms with Crippen LogP contribution < -0.4 is 5.32 Å². The maximum atomic E-state index is 12.6. The lowest BCUT2D eigenvalue weighted by atomic mass is 10.1. The lowest BCUT2D eigenvalue weighted by Crippen LogP contribution is -2.35. The van der Waals surface area contributed by atoms with Crippen molar-refractivity contribution in [2.45, 2.75) is 32.7 Å². The monoisotopic (exact) mass is 337 g/mol. The fourth-order valence-electron chi connectivity index (χ4n) is 3.04. The van der Waals surface area contributed by atoms with Crippen molar-refractivity contribution in [2.75, 3.05) is 13.1 Å². The maximum Gasteiger partial charge on any atom is 0.270 e. The molecular weight excluding hydrogens is 314 g/mol. The highest BCUT2D eigenvalue weighted by molar-refractivity contribution is 5.98. The van der Waals surface area contributed by atoms with E-state index in [2.05, 4.69) is 10.3 Å². The standard InChI is InChI=1S/C20H23N3O2/c1-15-7-3-4-8-17(15)14-22-19(24)18-13-16(9-10-21-18)20(25)23-11-5-2-6-12-23/h3-4,7-10,13H,2,5-6,11-12,14H2,1H3,(H,22,24). The van der Waals surface area contributed by atoms with Gasteiger partial charge in [0.2, 0.25) is 0 Å². The zero-order chi connectivity index (χ0) is 17.6. The van der Waals surface area contributed by atoms with Crippen LogP contribution in [0.4, 0.5) is 0 Å². The summed E-state index contributed by atoms with van der Waals surface area (Å²) in [5.74, 6) is -0.286. The van der Waals surface area contributed by atoms with Crippen molar-refractivity contribution in [1.29, 1.82) is 0 Å². The van der Waals surface area contributed by atoms with E-state index < -0.39 is 0 Å². The largest absolute Gasteiger partial charge is 0.347 e. The quantitative estimate of drug-likeness (QED) is 0.933. The topological polar surface area (TPSA) is 62.3 Å². The fraction of sp³-hybridized carbons (Fsp3) is 0.350. The molecule has 2 aromatic rings. The number of rotatable bonds is 4. The van der Waals surface area contributed by atoms with Crippen LogP contribution in [0.2, 0.25) is 0 Å². The number of aromatic nitrogens is 1. The summed E-state index contributed by atoms with van der Waals surface area (Å²) in [6, 6.07) is 11.2. The van der Waals surface area contributed by atoms with Crippen molar-refractivity contribution < 1.29 is 9.59 Å². The molecule has 0 radical (unpaired) electrons. The number of likely N-dealkylation sites (tertiary alicyclic amines) is 1. The van der Waals surface area contributed by atoms with Crippen LogP contribution in [-0.4, -0.2) is 34.8 Å². The molecule has 130 valence electrons. The molecule has 0 spiro atoms. The number of hydrogen-bond donors (Lipinski definition) is 1. The van der Waals surface area contributed by atoms with Gasteiger partial charge in [0, 0.05) is 31.4 Å². The van der Waals surface area contributed by atoms with E-state index in [1.807, 2.05) is 36.1 Å². The molecule has 1 N–H and O–H groups in total. The number of piperidine rings is 1. The third-order valence-corrected chi connectivity index (χ3v) is 4.58. The minimum atomic E-state index is -0.267. The Morgan fingerprint density at radius 2 is 1.88 bits per heavy atom. The summed E-state index contributed by atoms with van der Waals surface area (Å²) in [7, 11) is 0. The van der Waals surface area contributed by atoms with E-state index >= 15 is 0 Å². The Balaban J connectivity index is 1.67. The Kier molecular flexibility index (Phi) is 5.43. The molecule has 2 heterocycles. The van der Waals surface area contributed by atoms with Gasteiger partial charge in [-0.05, 0) is 49.4 Å². The molecule has 5 nitrogen and oxygen atoms in total. The average Bonchev–Trinajstić information content (AvgIpc) is 2.67. The van der Waals surface area contributed by atoms with E-state index in [9.17, 15) is 9.59 Å². The van der Waals surface area contributed by atoms with Crippen molar-refractivity contribution in [2.24, 2.45) is 0 Å². The maximum absolute atomic E-state index is 12.6. The predicted molar refractivity (Wildman–Crippen MR) is 96.3 cm³/mol. The van der Waals surface area contributed by atoms with Gasteiger partial charge in [-0.1, -0.05) is 24.3 Å². The van der Waals surface area contributed by atoms with Gasteiger partial charge >= 0.3 is 0 Å². The van der Waals surface area contributed by atoms with Crippen LogP contribution in [0, 0.1) is 6.92 Å². The van der Waals surface area contributed by atoms with Crippen LogP contribution in [0.1, 0.15) is 51.2 Å². The van der Waals surface area contributed by atoms with Crippen molar-refractivity contribution in [3.05, 3.63) is 65.0 Å². The number of carbonyl (C=O) groups is 2. The van der Waals surface area contributed by atoms with Gasteiger partial charge in [-0.2, -0.15) is 0 Å². The molecule has 3 rings (SSSR count). The van der Waals surface area contributed by atoms with Gasteiger partial charge in [0.05, 0.1) is 0 Å². The summed E-state index contributed by atoms with van der Waals surface area (Å²) in [5.41, 5.74) is 3.00. The Hall–Kier alpha value is -2.69. The van der Waals surface area contributed by atoms with Crippen molar-refractivity contribution in [1.82, 2.24) is 15.2 Å². The second-order valence-corrected chi connectivity index (χ2v) is 6.39. The number of carbonyl (C=O) groups excluding carboxylic acids is 2. The predicted octanol–water partition coefficient (Wildman–Crippen LogP) is 2.95. The van der Waals surface area contributed by atoms with E-state index in [1.165, 1.54) is 12.6 Å². The highest BCUT2D eigenvalue weighted by Gasteiger charge is 2.19. The van der Waals surface area contributed by atoms with Crippen LogP contribution in [0.5, 0.6) is 0 Å². The van der Waals surface area contributed by atoms with Gasteiger partial charge in [0.1, 0.15) is 5.69 Å². The van der Waals surface area contributed by atoms with Gasteiger partial charge in [-0.3, -0.25) is 14.6 Å². The molecular formula is C20H23N3O2. The first-order chi connectivity index (χ1) is 12.1. The molecule has 25 heavy (non-hydrogen) atoms. The van der Waals surface area contributed by atoms with Crippen LogP contribution in [-0.2, 0) is 6.54 Å². The van der Waals surface area contributed by atoms with Gasteiger partial charge < -0.3 is 10.2 Å². The van der Waals surface area contributed by atoms with Crippen LogP contribution >= 0.6 is 0 Å². The van der Waals surface area contributed by atoms with Gasteiger partial charge in [-0.15, -0.1) is 0 Å². The average molecular weight is 337 g/mol. The number of nitrogens with zero attached hydrogens (tertiary/aromatic N) is 2. The molecule has 1 aliphatic heterocycles. The van der Waals surface area contributed by atoms with Crippen molar-refractivity contribution in [3.63, 3.8) is 0 Å². The molecule has 0 saturated carbocycles. The van der Waals surface area contributed by atoms with E-state index in [-0.39, 0.29) is 17.5 Å². The van der Waals surface area contributed by atoms with Gasteiger partial charge in [0.15, 0.2) is 0 Å². The van der Waals surface area contributed by atoms with Crippen molar-refractivity contribution in [3.8, 4) is 0 Å². The molecule has 1 aliphatic rings. The Labute approximate surface area is 148 Å². The van der Waals surface area contributed by atoms with Crippen molar-refractivity contribution >= 4 is 11.8 Å². The van der Waals surface area contributed by atoms with E-state index in [4.69, 9.17) is 0 Å². The summed E-state index contributed by atoms with van der Waals surface area (Å²) >= 11 is 0. The second kappa shape index (κ2) is 7.92. The third-order valence-electron chi connectivity index (χ3n) is 4.58. The molecule has 0 unspecified atom stereocenters. The smallest absolute Gasteiger partial charge is 0.270 e. The Bertz CT molecular complexity index is 767. The SMILES string of the molecule is Cc1ccccc1CNC(=O)c1cc(C(=O)N2CCCCC2)ccn1. The van der Waals surface area contributed by atoms with Gasteiger partial charge in [-0.25, -0.2) is 0 Å². The molecule has 1 aromatic carbocycles. The summed E-state index contributed by atoms with van der Waals surface area (Å²) in [4.78, 5) is 30.9. The number of aryl methyl sites for hydroxylation is 1. The molecule has 5 heteroatoms. The molecule has 0 bridgehead atoms. The Morgan fingerprint density at radius 3 is 2.64 bits per heavy atom. The lowest BCUT2D eigenvalue weighted by Gasteiger charge is -2.26. The zero-order valence-electron chi connectivity index (χ0n) is 14.5. The van der Waals surface area contributed by atoms with E-state index in [0.29, 0.717) is 12.1 Å². The first kappa shape index (κ1) is 17.1. The lowest BCUT2D eigenvalue weighted by molar-refractivity contribution is 0.0724. The summed E-state index contributed by atoms with van der Waals surface area (Å²) in [5, 5.41) is 2.88. The number of amides is 2. The first-order valence-corrected chi connectivity index (χ1v) is 8.73. The minimum absolute atomic E-state index is 0.0185. The third kappa shape index (κ3) is 4.24. The molecule has 1 aromatic heterocycles. The highest BCUT2D eigenvalue weighted by Crippen LogP contribution is 2.14. The molecule has 2 amide bonds. The zero-order valence-corrected chi connectivity index (χ0v) is 14.5. The van der Waals surface area contributed by atoms with Crippen LogP contribution in [0.25, 0.3) is 0 Å². The summed E-state index contributed by atoms with van der Waals surface area (Å²) < 4.78 is 0. The van der Waals surface area contributed by atoms with Crippen LogP contribution in [0.15, 0.2) is 42.6 Å². The summed E-state index contributed by atoms with van der Waals surface area (Å²) in [6.07, 6.45) is 4.79. The van der Waals surface area contributed by atoms with Gasteiger partial charge in [0.25, 0.3) is 11.8 Å². The number of hydrogen-bond acceptors (Lipinski definition) is 3. The Morgan fingerprint density at radius 1 is 1.12 bits per heavy atom. The first-order valence-electron chi connectivity index (χ1n) is 8.73. The highest BCUT2D eigenvalue weighted by atomic mass is 16.2. The normalized spacial score (nSPS) is 14.2. The number of benzene rings is 1. The number of nitrogens with one attached hydrogen (secondary N) is 1.